The van der Waals surface area contributed by atoms with Crippen molar-refractivity contribution in [3.63, 3.8) is 0 Å². The van der Waals surface area contributed by atoms with Crippen LogP contribution < -0.4 is 0 Å². The normalized spacial score (nSPS) is 29.0. The Kier molecular flexibility index (Phi) is 2.95. The van der Waals surface area contributed by atoms with E-state index in [4.69, 9.17) is 5.11 Å². The van der Waals surface area contributed by atoms with Crippen molar-refractivity contribution in [3.05, 3.63) is 0 Å². The second-order valence-electron chi connectivity index (χ2n) is 3.66. The van der Waals surface area contributed by atoms with Crippen LogP contribution in [0.5, 0.6) is 0 Å². The van der Waals surface area contributed by atoms with E-state index in [1.54, 1.807) is 0 Å². The Labute approximate surface area is 77.9 Å². The lowest BCUT2D eigenvalue weighted by Gasteiger charge is -2.15. The molecule has 0 aliphatic heterocycles. The lowest BCUT2D eigenvalue weighted by Crippen LogP contribution is -2.25. The summed E-state index contributed by atoms with van der Waals surface area (Å²) in [6.45, 7) is 0. The van der Waals surface area contributed by atoms with Crippen molar-refractivity contribution in [2.24, 2.45) is 5.92 Å². The van der Waals surface area contributed by atoms with Crippen LogP contribution in [0.4, 0.5) is 0 Å². The molecule has 0 heterocycles. The van der Waals surface area contributed by atoms with Crippen molar-refractivity contribution in [1.82, 2.24) is 0 Å². The lowest BCUT2D eigenvalue weighted by molar-refractivity contribution is -0.138. The highest BCUT2D eigenvalue weighted by Crippen LogP contribution is 2.32. The Morgan fingerprint density at radius 2 is 2.08 bits per heavy atom. The van der Waals surface area contributed by atoms with Gasteiger partial charge in [0.15, 0.2) is 9.84 Å². The van der Waals surface area contributed by atoms with Gasteiger partial charge in [-0.2, -0.15) is 0 Å². The lowest BCUT2D eigenvalue weighted by atomic mass is 10.0. The number of hydrogen-bond acceptors (Lipinski definition) is 3. The summed E-state index contributed by atoms with van der Waals surface area (Å²) in [5.74, 6) is -1.08. The number of sulfone groups is 1. The van der Waals surface area contributed by atoms with Crippen LogP contribution in [0, 0.1) is 5.92 Å². The molecule has 5 heteroatoms. The number of hydrogen-bond donors (Lipinski definition) is 1. The molecule has 1 saturated carbocycles. The molecule has 1 fully saturated rings. The monoisotopic (exact) mass is 206 g/mol. The Bertz CT molecular complexity index is 293. The maximum absolute atomic E-state index is 11.2. The van der Waals surface area contributed by atoms with Gasteiger partial charge in [0.2, 0.25) is 0 Å². The van der Waals surface area contributed by atoms with Gasteiger partial charge in [-0.1, -0.05) is 6.42 Å². The molecule has 0 saturated heterocycles. The molecule has 1 aliphatic carbocycles. The molecule has 0 aromatic rings. The molecule has 0 aromatic carbocycles. The minimum Gasteiger partial charge on any atom is -0.481 e. The largest absolute Gasteiger partial charge is 0.481 e. The van der Waals surface area contributed by atoms with Gasteiger partial charge in [0, 0.05) is 12.7 Å². The smallest absolute Gasteiger partial charge is 0.303 e. The summed E-state index contributed by atoms with van der Waals surface area (Å²) in [7, 11) is -3.06. The number of carbonyl (C=O) groups is 1. The van der Waals surface area contributed by atoms with Gasteiger partial charge < -0.3 is 5.11 Å². The van der Waals surface area contributed by atoms with Crippen molar-refractivity contribution < 1.29 is 18.3 Å². The Morgan fingerprint density at radius 3 is 2.54 bits per heavy atom. The maximum atomic E-state index is 11.2. The maximum Gasteiger partial charge on any atom is 0.303 e. The summed E-state index contributed by atoms with van der Waals surface area (Å²) in [6.07, 6.45) is 3.35. The third-order valence-corrected chi connectivity index (χ3v) is 4.30. The van der Waals surface area contributed by atoms with E-state index < -0.39 is 21.1 Å². The van der Waals surface area contributed by atoms with E-state index in [9.17, 15) is 13.2 Å². The van der Waals surface area contributed by atoms with Crippen molar-refractivity contribution in [1.29, 1.82) is 0 Å². The fourth-order valence-electron chi connectivity index (χ4n) is 2.02. The summed E-state index contributed by atoms with van der Waals surface area (Å²) >= 11 is 0. The molecule has 13 heavy (non-hydrogen) atoms. The highest BCUT2D eigenvalue weighted by molar-refractivity contribution is 7.91. The molecule has 4 nitrogen and oxygen atoms in total. The van der Waals surface area contributed by atoms with E-state index in [0.717, 1.165) is 12.8 Å². The molecule has 0 radical (unpaired) electrons. The van der Waals surface area contributed by atoms with E-state index >= 15 is 0 Å². The zero-order chi connectivity index (χ0) is 10.1. The van der Waals surface area contributed by atoms with Gasteiger partial charge in [-0.15, -0.1) is 0 Å². The number of rotatable bonds is 3. The zero-order valence-corrected chi connectivity index (χ0v) is 8.38. The first kappa shape index (κ1) is 10.5. The SMILES string of the molecule is CS(=O)(=O)C1CCCC1CC(=O)O. The van der Waals surface area contributed by atoms with Crippen LogP contribution in [0.15, 0.2) is 0 Å². The average Bonchev–Trinajstić information content (AvgIpc) is 2.31. The Balaban J connectivity index is 2.70. The van der Waals surface area contributed by atoms with E-state index in [1.807, 2.05) is 0 Å². The standard InChI is InChI=1S/C8H14O4S/c1-13(11,12)7-4-2-3-6(7)5-8(9)10/h6-7H,2-5H2,1H3,(H,9,10). The molecule has 0 aromatic heterocycles. The highest BCUT2D eigenvalue weighted by Gasteiger charge is 2.35. The molecule has 0 bridgehead atoms. The first-order chi connectivity index (χ1) is 5.91. The van der Waals surface area contributed by atoms with Gasteiger partial charge in [-0.3, -0.25) is 4.79 Å². The van der Waals surface area contributed by atoms with Crippen LogP contribution in [0.25, 0.3) is 0 Å². The molecule has 1 N–H and O–H groups in total. The van der Waals surface area contributed by atoms with Gasteiger partial charge in [0.25, 0.3) is 0 Å². The summed E-state index contributed by atoms with van der Waals surface area (Å²) in [5, 5.41) is 8.14. The van der Waals surface area contributed by atoms with Gasteiger partial charge >= 0.3 is 5.97 Å². The van der Waals surface area contributed by atoms with E-state index in [0.29, 0.717) is 6.42 Å². The van der Waals surface area contributed by atoms with Crippen LogP contribution in [-0.4, -0.2) is 31.0 Å². The average molecular weight is 206 g/mol. The van der Waals surface area contributed by atoms with E-state index in [-0.39, 0.29) is 12.3 Å². The van der Waals surface area contributed by atoms with Crippen LogP contribution in [0.2, 0.25) is 0 Å². The third kappa shape index (κ3) is 2.69. The van der Waals surface area contributed by atoms with Crippen LogP contribution >= 0.6 is 0 Å². The van der Waals surface area contributed by atoms with Gasteiger partial charge in [-0.05, 0) is 18.8 Å². The molecular formula is C8H14O4S. The molecule has 1 aliphatic rings. The molecule has 76 valence electrons. The molecule has 0 amide bonds. The molecule has 2 unspecified atom stereocenters. The van der Waals surface area contributed by atoms with Gasteiger partial charge in [0.1, 0.15) is 0 Å². The number of carboxylic acid groups (broad SMARTS) is 1. The van der Waals surface area contributed by atoms with Crippen LogP contribution in [-0.2, 0) is 14.6 Å². The summed E-state index contributed by atoms with van der Waals surface area (Å²) in [4.78, 5) is 10.4. The first-order valence-electron chi connectivity index (χ1n) is 4.32. The number of carboxylic acids is 1. The second-order valence-corrected chi connectivity index (χ2v) is 5.92. The summed E-state index contributed by atoms with van der Waals surface area (Å²) in [5.41, 5.74) is 0. The van der Waals surface area contributed by atoms with E-state index in [2.05, 4.69) is 0 Å². The minimum absolute atomic E-state index is 0.0161. The predicted molar refractivity (Wildman–Crippen MR) is 48.2 cm³/mol. The summed E-state index contributed by atoms with van der Waals surface area (Å²) < 4.78 is 22.5. The fraction of sp³-hybridized carbons (Fsp3) is 0.875. The van der Waals surface area contributed by atoms with Crippen LogP contribution in [0.1, 0.15) is 25.7 Å². The van der Waals surface area contributed by atoms with Crippen molar-refractivity contribution in [3.8, 4) is 0 Å². The quantitative estimate of drug-likeness (QED) is 0.736. The first-order valence-corrected chi connectivity index (χ1v) is 6.27. The Morgan fingerprint density at radius 1 is 1.46 bits per heavy atom. The Hall–Kier alpha value is -0.580. The van der Waals surface area contributed by atoms with Crippen molar-refractivity contribution in [2.75, 3.05) is 6.26 Å². The molecular weight excluding hydrogens is 192 g/mol. The molecule has 1 rings (SSSR count). The van der Waals surface area contributed by atoms with Crippen molar-refractivity contribution in [2.45, 2.75) is 30.9 Å². The minimum atomic E-state index is -3.06. The van der Waals surface area contributed by atoms with Crippen molar-refractivity contribution >= 4 is 15.8 Å². The van der Waals surface area contributed by atoms with Gasteiger partial charge in [-0.25, -0.2) is 8.42 Å². The molecule has 0 spiro atoms. The van der Waals surface area contributed by atoms with Gasteiger partial charge in [0.05, 0.1) is 5.25 Å². The third-order valence-electron chi connectivity index (χ3n) is 2.58. The topological polar surface area (TPSA) is 71.4 Å². The predicted octanol–water partition coefficient (Wildman–Crippen LogP) is 0.674. The highest BCUT2D eigenvalue weighted by atomic mass is 32.2. The number of aliphatic carboxylic acids is 1. The zero-order valence-electron chi connectivity index (χ0n) is 7.56. The fourth-order valence-corrected chi connectivity index (χ4v) is 3.55. The second kappa shape index (κ2) is 3.65. The van der Waals surface area contributed by atoms with E-state index in [1.165, 1.54) is 6.26 Å². The summed E-state index contributed by atoms with van der Waals surface area (Å²) in [6, 6.07) is 0. The van der Waals surface area contributed by atoms with Crippen LogP contribution in [0.3, 0.4) is 0 Å². The molecule has 2 atom stereocenters.